The summed E-state index contributed by atoms with van der Waals surface area (Å²) in [5.41, 5.74) is 8.57. The Morgan fingerprint density at radius 2 is 2.00 bits per heavy atom. The van der Waals surface area contributed by atoms with E-state index < -0.39 is 0 Å². The van der Waals surface area contributed by atoms with Crippen molar-refractivity contribution >= 4 is 34.5 Å². The number of likely N-dealkylation sites (N-methyl/N-ethyl adjacent to an activating group) is 1. The fourth-order valence-corrected chi connectivity index (χ4v) is 5.53. The molecule has 1 atom stereocenters. The van der Waals surface area contributed by atoms with E-state index in [1.165, 1.54) is 38.5 Å². The van der Waals surface area contributed by atoms with Crippen molar-refractivity contribution in [3.05, 3.63) is 69.1 Å². The number of anilines is 1. The smallest absolute Gasteiger partial charge is 0.274 e. The van der Waals surface area contributed by atoms with Crippen LogP contribution in [0.5, 0.6) is 0 Å². The van der Waals surface area contributed by atoms with Crippen molar-refractivity contribution < 1.29 is 4.79 Å². The minimum atomic E-state index is -0.205. The Bertz CT molecular complexity index is 1600. The molecule has 2 aliphatic heterocycles. The molecule has 0 spiro atoms. The van der Waals surface area contributed by atoms with Crippen molar-refractivity contribution in [3.63, 3.8) is 0 Å². The lowest BCUT2D eigenvalue weighted by Crippen LogP contribution is -2.27. The maximum Gasteiger partial charge on any atom is 0.274 e. The van der Waals surface area contributed by atoms with Crippen LogP contribution >= 0.6 is 0 Å². The molecule has 0 fully saturated rings. The first-order valence-corrected chi connectivity index (χ1v) is 11.9. The predicted molar refractivity (Wildman–Crippen MR) is 139 cm³/mol. The molecule has 2 aliphatic rings. The van der Waals surface area contributed by atoms with E-state index >= 15 is 0 Å². The molecule has 8 heteroatoms. The summed E-state index contributed by atoms with van der Waals surface area (Å²) in [6.07, 6.45) is 4.96. The molecule has 2 aromatic carbocycles. The molecule has 0 aliphatic carbocycles. The van der Waals surface area contributed by atoms with E-state index in [9.17, 15) is 9.59 Å². The lowest BCUT2D eigenvalue weighted by Gasteiger charge is -2.29. The number of nitrogens with one attached hydrogen (secondary N) is 2. The van der Waals surface area contributed by atoms with Gasteiger partial charge in [0.1, 0.15) is 0 Å². The molecular formula is C27H28N6O2. The summed E-state index contributed by atoms with van der Waals surface area (Å²) < 4.78 is 2.78. The molecule has 0 saturated carbocycles. The van der Waals surface area contributed by atoms with Gasteiger partial charge < -0.3 is 15.2 Å². The highest BCUT2D eigenvalue weighted by atomic mass is 16.2. The summed E-state index contributed by atoms with van der Waals surface area (Å²) in [7, 11) is 3.78. The number of carbonyl (C=O) groups is 1. The Morgan fingerprint density at radius 3 is 2.80 bits per heavy atom. The molecule has 0 radical (unpaired) electrons. The number of rotatable bonds is 2. The average molecular weight is 469 g/mol. The number of benzene rings is 2. The highest BCUT2D eigenvalue weighted by Gasteiger charge is 2.24. The molecule has 35 heavy (non-hydrogen) atoms. The van der Waals surface area contributed by atoms with Gasteiger partial charge in [-0.3, -0.25) is 9.59 Å². The SMILES string of the molecule is CC(=O)n1c2cc(-c3c[nH]c4c3NC(c3cc(C)c5c(c3)CN(C)CC5)C=N4)ccc2c(=O)n1C. The standard InChI is InChI=1S/C27H28N6O2/c1-15-9-18(10-19-14-31(3)8-7-20(15)19)23-13-29-26-25(30-23)22(12-28-26)17-5-6-21-24(11-17)33(16(2)34)32(4)27(21)35/h5-6,9-13,23,28,30H,7-8,14H2,1-4H3. The zero-order valence-corrected chi connectivity index (χ0v) is 20.3. The third-order valence-corrected chi connectivity index (χ3v) is 7.30. The number of aromatic amines is 1. The Hall–Kier alpha value is -3.91. The van der Waals surface area contributed by atoms with Gasteiger partial charge in [-0.05, 0) is 60.3 Å². The van der Waals surface area contributed by atoms with E-state index in [2.05, 4.69) is 41.3 Å². The Labute approximate surface area is 202 Å². The summed E-state index contributed by atoms with van der Waals surface area (Å²) in [6, 6.07) is 10.1. The van der Waals surface area contributed by atoms with Crippen LogP contribution in [-0.2, 0) is 20.0 Å². The highest BCUT2D eigenvalue weighted by molar-refractivity contribution is 5.96. The first-order valence-electron chi connectivity index (χ1n) is 11.9. The fourth-order valence-electron chi connectivity index (χ4n) is 5.53. The molecule has 8 nitrogen and oxygen atoms in total. The van der Waals surface area contributed by atoms with Crippen LogP contribution in [0.1, 0.15) is 40.0 Å². The number of nitrogens with zero attached hydrogens (tertiary/aromatic N) is 4. The third-order valence-electron chi connectivity index (χ3n) is 7.30. The molecule has 2 aromatic heterocycles. The van der Waals surface area contributed by atoms with E-state index in [1.54, 1.807) is 13.1 Å². The van der Waals surface area contributed by atoms with Crippen molar-refractivity contribution in [2.24, 2.45) is 12.0 Å². The van der Waals surface area contributed by atoms with Crippen LogP contribution < -0.4 is 10.9 Å². The van der Waals surface area contributed by atoms with Crippen molar-refractivity contribution in [2.45, 2.75) is 32.9 Å². The van der Waals surface area contributed by atoms with Crippen LogP contribution in [-0.4, -0.2) is 45.0 Å². The zero-order valence-electron chi connectivity index (χ0n) is 20.3. The summed E-state index contributed by atoms with van der Waals surface area (Å²) in [6.45, 7) is 5.71. The Balaban J connectivity index is 1.40. The molecule has 0 bridgehead atoms. The minimum absolute atomic E-state index is 0.0517. The molecule has 4 aromatic rings. The summed E-state index contributed by atoms with van der Waals surface area (Å²) in [5.74, 6) is 0.562. The molecule has 4 heterocycles. The van der Waals surface area contributed by atoms with Crippen LogP contribution in [0.15, 0.2) is 46.3 Å². The number of aromatic nitrogens is 3. The molecular weight excluding hydrogens is 440 g/mol. The van der Waals surface area contributed by atoms with Crippen LogP contribution in [0.25, 0.3) is 22.0 Å². The van der Waals surface area contributed by atoms with Crippen molar-refractivity contribution in [1.29, 1.82) is 0 Å². The number of hydrogen-bond acceptors (Lipinski definition) is 5. The van der Waals surface area contributed by atoms with Crippen LogP contribution in [0.3, 0.4) is 0 Å². The molecule has 1 unspecified atom stereocenters. The first-order chi connectivity index (χ1) is 16.8. The Morgan fingerprint density at radius 1 is 1.17 bits per heavy atom. The van der Waals surface area contributed by atoms with Gasteiger partial charge in [-0.25, -0.2) is 14.4 Å². The number of carbonyl (C=O) groups excluding carboxylic acids is 1. The van der Waals surface area contributed by atoms with E-state index in [4.69, 9.17) is 4.99 Å². The van der Waals surface area contributed by atoms with Gasteiger partial charge in [0, 0.05) is 45.0 Å². The largest absolute Gasteiger partial charge is 0.370 e. The molecule has 2 N–H and O–H groups in total. The first kappa shape index (κ1) is 21.6. The van der Waals surface area contributed by atoms with Crippen LogP contribution in [0.4, 0.5) is 11.5 Å². The quantitative estimate of drug-likeness (QED) is 0.463. The molecule has 6 rings (SSSR count). The van der Waals surface area contributed by atoms with Crippen LogP contribution in [0.2, 0.25) is 0 Å². The lowest BCUT2D eigenvalue weighted by atomic mass is 9.91. The minimum Gasteiger partial charge on any atom is -0.370 e. The van der Waals surface area contributed by atoms with E-state index in [0.717, 1.165) is 42.1 Å². The highest BCUT2D eigenvalue weighted by Crippen LogP contribution is 2.41. The molecule has 0 amide bonds. The van der Waals surface area contributed by atoms with Crippen LogP contribution in [0, 0.1) is 6.92 Å². The predicted octanol–water partition coefficient (Wildman–Crippen LogP) is 4.16. The van der Waals surface area contributed by atoms with E-state index in [1.807, 2.05) is 24.5 Å². The number of aryl methyl sites for hydroxylation is 1. The number of H-pyrrole nitrogens is 1. The summed E-state index contributed by atoms with van der Waals surface area (Å²) >= 11 is 0. The maximum atomic E-state index is 12.6. The van der Waals surface area contributed by atoms with E-state index in [-0.39, 0.29) is 17.5 Å². The normalized spacial score (nSPS) is 17.3. The maximum absolute atomic E-state index is 12.6. The second-order valence-electron chi connectivity index (χ2n) is 9.68. The number of hydrogen-bond donors (Lipinski definition) is 2. The number of aliphatic imine (C=N–C) groups is 1. The molecule has 178 valence electrons. The van der Waals surface area contributed by atoms with Gasteiger partial charge in [0.25, 0.3) is 5.56 Å². The molecule has 0 saturated heterocycles. The van der Waals surface area contributed by atoms with Crippen molar-refractivity contribution in [2.75, 3.05) is 18.9 Å². The van der Waals surface area contributed by atoms with Gasteiger partial charge in [-0.2, -0.15) is 0 Å². The fraction of sp³-hybridized carbons (Fsp3) is 0.296. The second kappa shape index (κ2) is 7.81. The van der Waals surface area contributed by atoms with Crippen molar-refractivity contribution in [1.82, 2.24) is 19.2 Å². The van der Waals surface area contributed by atoms with Crippen molar-refractivity contribution in [3.8, 4) is 11.1 Å². The number of fused-ring (bicyclic) bond motifs is 3. The van der Waals surface area contributed by atoms with Gasteiger partial charge in [0.05, 0.1) is 22.6 Å². The van der Waals surface area contributed by atoms with E-state index in [0.29, 0.717) is 10.9 Å². The Kier molecular flexibility index (Phi) is 4.82. The lowest BCUT2D eigenvalue weighted by molar-refractivity contribution is 0.0912. The third kappa shape index (κ3) is 3.36. The second-order valence-corrected chi connectivity index (χ2v) is 9.68. The average Bonchev–Trinajstić information content (AvgIpc) is 3.36. The van der Waals surface area contributed by atoms with Gasteiger partial charge in [0.15, 0.2) is 5.82 Å². The zero-order chi connectivity index (χ0) is 24.4. The topological polar surface area (TPSA) is 87.4 Å². The van der Waals surface area contributed by atoms with Gasteiger partial charge in [0.2, 0.25) is 5.91 Å². The van der Waals surface area contributed by atoms with Gasteiger partial charge in [-0.15, -0.1) is 0 Å². The van der Waals surface area contributed by atoms with Gasteiger partial charge in [-0.1, -0.05) is 18.2 Å². The monoisotopic (exact) mass is 468 g/mol. The summed E-state index contributed by atoms with van der Waals surface area (Å²) in [5, 5.41) is 4.20. The van der Waals surface area contributed by atoms with Gasteiger partial charge >= 0.3 is 0 Å². The summed E-state index contributed by atoms with van der Waals surface area (Å²) in [4.78, 5) is 35.1.